The highest BCUT2D eigenvalue weighted by atomic mass is 35.5. The zero-order valence-electron chi connectivity index (χ0n) is 14.2. The van der Waals surface area contributed by atoms with E-state index in [-0.39, 0.29) is 24.3 Å². The number of thioether (sulfide) groups is 1. The van der Waals surface area contributed by atoms with Crippen LogP contribution in [0.25, 0.3) is 0 Å². The van der Waals surface area contributed by atoms with Crippen LogP contribution in [0.1, 0.15) is 17.7 Å². The van der Waals surface area contributed by atoms with Crippen molar-refractivity contribution in [3.8, 4) is 0 Å². The Labute approximate surface area is 161 Å². The summed E-state index contributed by atoms with van der Waals surface area (Å²) < 4.78 is 5.01. The van der Waals surface area contributed by atoms with E-state index in [1.807, 2.05) is 30.3 Å². The minimum absolute atomic E-state index is 0.183. The third-order valence-corrected chi connectivity index (χ3v) is 5.70. The van der Waals surface area contributed by atoms with E-state index in [4.69, 9.17) is 22.1 Å². The van der Waals surface area contributed by atoms with E-state index >= 15 is 0 Å². The number of benzene rings is 2. The Morgan fingerprint density at radius 3 is 2.69 bits per heavy atom. The SMILES string of the molecule is CCOC(=O)CN1C(=O)[C@@H](N)[C@H](c2ccccc2)Sc2cc(Cl)ccc21. The predicted molar refractivity (Wildman–Crippen MR) is 103 cm³/mol. The number of fused-ring (bicyclic) bond motifs is 1. The van der Waals surface area contributed by atoms with E-state index in [9.17, 15) is 9.59 Å². The molecule has 0 aliphatic carbocycles. The van der Waals surface area contributed by atoms with Gasteiger partial charge in [0.2, 0.25) is 5.91 Å². The van der Waals surface area contributed by atoms with Crippen LogP contribution in [0, 0.1) is 0 Å². The van der Waals surface area contributed by atoms with E-state index in [1.54, 1.807) is 25.1 Å². The van der Waals surface area contributed by atoms with Crippen LogP contribution < -0.4 is 10.6 Å². The van der Waals surface area contributed by atoms with Crippen molar-refractivity contribution in [2.75, 3.05) is 18.1 Å². The third kappa shape index (κ3) is 3.87. The molecule has 0 bridgehead atoms. The summed E-state index contributed by atoms with van der Waals surface area (Å²) in [6.07, 6.45) is 0. The minimum Gasteiger partial charge on any atom is -0.465 e. The number of esters is 1. The number of nitrogens with zero attached hydrogens (tertiary/aromatic N) is 1. The van der Waals surface area contributed by atoms with Crippen LogP contribution in [0.3, 0.4) is 0 Å². The van der Waals surface area contributed by atoms with Crippen LogP contribution >= 0.6 is 23.4 Å². The van der Waals surface area contributed by atoms with Gasteiger partial charge in [0.1, 0.15) is 12.6 Å². The first-order valence-electron chi connectivity index (χ1n) is 8.25. The van der Waals surface area contributed by atoms with Crippen LogP contribution in [0.5, 0.6) is 0 Å². The Morgan fingerprint density at radius 2 is 2.00 bits per heavy atom. The monoisotopic (exact) mass is 390 g/mol. The molecule has 3 rings (SSSR count). The molecule has 1 aliphatic rings. The van der Waals surface area contributed by atoms with Gasteiger partial charge in [0.15, 0.2) is 0 Å². The first-order chi connectivity index (χ1) is 12.5. The molecule has 2 aromatic rings. The Hall–Kier alpha value is -2.02. The zero-order valence-corrected chi connectivity index (χ0v) is 15.8. The second-order valence-electron chi connectivity index (χ2n) is 5.82. The number of hydrogen-bond donors (Lipinski definition) is 1. The maximum Gasteiger partial charge on any atom is 0.326 e. The van der Waals surface area contributed by atoms with Crippen LogP contribution in [0.4, 0.5) is 5.69 Å². The van der Waals surface area contributed by atoms with Crippen molar-refractivity contribution in [2.45, 2.75) is 23.1 Å². The smallest absolute Gasteiger partial charge is 0.326 e. The molecule has 5 nitrogen and oxygen atoms in total. The first-order valence-corrected chi connectivity index (χ1v) is 9.50. The molecule has 0 fully saturated rings. The second-order valence-corrected chi connectivity index (χ2v) is 7.44. The molecule has 0 spiro atoms. The van der Waals surface area contributed by atoms with Gasteiger partial charge in [0.05, 0.1) is 17.5 Å². The van der Waals surface area contributed by atoms with Gasteiger partial charge in [-0.2, -0.15) is 0 Å². The van der Waals surface area contributed by atoms with Gasteiger partial charge in [-0.3, -0.25) is 14.5 Å². The molecule has 26 heavy (non-hydrogen) atoms. The molecular weight excluding hydrogens is 372 g/mol. The van der Waals surface area contributed by atoms with E-state index in [2.05, 4.69) is 0 Å². The number of rotatable bonds is 4. The summed E-state index contributed by atoms with van der Waals surface area (Å²) in [4.78, 5) is 27.3. The van der Waals surface area contributed by atoms with Gasteiger partial charge in [0.25, 0.3) is 0 Å². The fourth-order valence-electron chi connectivity index (χ4n) is 2.86. The molecule has 0 radical (unpaired) electrons. The topological polar surface area (TPSA) is 72.6 Å². The lowest BCUT2D eigenvalue weighted by Crippen LogP contribution is -2.47. The van der Waals surface area contributed by atoms with Crippen molar-refractivity contribution in [1.29, 1.82) is 0 Å². The largest absolute Gasteiger partial charge is 0.465 e. The molecule has 0 unspecified atom stereocenters. The Bertz CT molecular complexity index is 816. The first kappa shape index (κ1) is 18.8. The summed E-state index contributed by atoms with van der Waals surface area (Å²) >= 11 is 7.64. The molecule has 1 amide bonds. The number of amides is 1. The summed E-state index contributed by atoms with van der Waals surface area (Å²) in [6, 6.07) is 14.0. The molecule has 2 aromatic carbocycles. The summed E-state index contributed by atoms with van der Waals surface area (Å²) in [7, 11) is 0. The van der Waals surface area contributed by atoms with Gasteiger partial charge in [0, 0.05) is 9.92 Å². The molecule has 7 heteroatoms. The highest BCUT2D eigenvalue weighted by Gasteiger charge is 2.37. The average molecular weight is 391 g/mol. The second kappa shape index (κ2) is 8.12. The van der Waals surface area contributed by atoms with E-state index in [0.717, 1.165) is 10.5 Å². The number of nitrogens with two attached hydrogens (primary N) is 1. The van der Waals surface area contributed by atoms with E-state index in [0.29, 0.717) is 10.7 Å². The Balaban J connectivity index is 2.04. The Morgan fingerprint density at radius 1 is 1.27 bits per heavy atom. The summed E-state index contributed by atoms with van der Waals surface area (Å²) in [5.74, 6) is -0.794. The maximum atomic E-state index is 13.1. The average Bonchev–Trinajstić information content (AvgIpc) is 2.73. The van der Waals surface area contributed by atoms with Crippen molar-refractivity contribution in [1.82, 2.24) is 0 Å². The molecule has 2 N–H and O–H groups in total. The molecule has 1 aliphatic heterocycles. The van der Waals surface area contributed by atoms with Gasteiger partial charge in [-0.1, -0.05) is 41.9 Å². The number of carbonyl (C=O) groups is 2. The molecule has 0 saturated heterocycles. The molecule has 0 saturated carbocycles. The number of ether oxygens (including phenoxy) is 1. The minimum atomic E-state index is -0.803. The van der Waals surface area contributed by atoms with Crippen molar-refractivity contribution in [3.63, 3.8) is 0 Å². The number of hydrogen-bond acceptors (Lipinski definition) is 5. The highest BCUT2D eigenvalue weighted by Crippen LogP contribution is 2.45. The predicted octanol–water partition coefficient (Wildman–Crippen LogP) is 3.41. The van der Waals surface area contributed by atoms with E-state index in [1.165, 1.54) is 16.7 Å². The standard InChI is InChI=1S/C19H19ClN2O3S/c1-2-25-16(23)11-22-14-9-8-13(20)10-15(14)26-18(17(21)19(22)24)12-6-4-3-5-7-12/h3-10,17-18H,2,11,21H2,1H3/t17-,18-/m0/s1. The molecule has 136 valence electrons. The van der Waals surface area contributed by atoms with Crippen molar-refractivity contribution < 1.29 is 14.3 Å². The molecule has 1 heterocycles. The number of halogens is 1. The third-order valence-electron chi connectivity index (χ3n) is 4.06. The van der Waals surface area contributed by atoms with Crippen LogP contribution in [-0.2, 0) is 14.3 Å². The van der Waals surface area contributed by atoms with Gasteiger partial charge in [-0.15, -0.1) is 11.8 Å². The quantitative estimate of drug-likeness (QED) is 0.810. The lowest BCUT2D eigenvalue weighted by molar-refractivity contribution is -0.142. The van der Waals surface area contributed by atoms with Crippen molar-refractivity contribution in [3.05, 3.63) is 59.1 Å². The lowest BCUT2D eigenvalue weighted by atomic mass is 10.0. The summed E-state index contributed by atoms with van der Waals surface area (Å²) in [5.41, 5.74) is 7.88. The molecule has 2 atom stereocenters. The number of carbonyl (C=O) groups excluding carboxylic acids is 2. The molecular formula is C19H19ClN2O3S. The lowest BCUT2D eigenvalue weighted by Gasteiger charge is -2.24. The van der Waals surface area contributed by atoms with Crippen molar-refractivity contribution in [2.24, 2.45) is 5.73 Å². The van der Waals surface area contributed by atoms with Crippen molar-refractivity contribution >= 4 is 40.9 Å². The van der Waals surface area contributed by atoms with Gasteiger partial charge in [-0.05, 0) is 30.7 Å². The zero-order chi connectivity index (χ0) is 18.7. The normalized spacial score (nSPS) is 19.7. The van der Waals surface area contributed by atoms with Crippen LogP contribution in [0.2, 0.25) is 5.02 Å². The van der Waals surface area contributed by atoms with Gasteiger partial charge >= 0.3 is 5.97 Å². The maximum absolute atomic E-state index is 13.1. The summed E-state index contributed by atoms with van der Waals surface area (Å²) in [5, 5.41) is 0.273. The van der Waals surface area contributed by atoms with Gasteiger partial charge < -0.3 is 10.5 Å². The number of anilines is 1. The van der Waals surface area contributed by atoms with E-state index < -0.39 is 12.0 Å². The Kier molecular flexibility index (Phi) is 5.86. The fourth-order valence-corrected chi connectivity index (χ4v) is 4.42. The fraction of sp³-hybridized carbons (Fsp3) is 0.263. The highest BCUT2D eigenvalue weighted by molar-refractivity contribution is 7.99. The van der Waals surface area contributed by atoms with Crippen LogP contribution in [0.15, 0.2) is 53.4 Å². The van der Waals surface area contributed by atoms with Gasteiger partial charge in [-0.25, -0.2) is 0 Å². The summed E-state index contributed by atoms with van der Waals surface area (Å²) in [6.45, 7) is 1.79. The molecule has 0 aromatic heterocycles. The van der Waals surface area contributed by atoms with Crippen LogP contribution in [-0.4, -0.2) is 31.1 Å².